The molecule has 2 aromatic heterocycles. The zero-order valence-corrected chi connectivity index (χ0v) is 24.5. The molecule has 42 heavy (non-hydrogen) atoms. The zero-order chi connectivity index (χ0) is 29.7. The van der Waals surface area contributed by atoms with Crippen molar-refractivity contribution in [2.45, 2.75) is 45.8 Å². The van der Waals surface area contributed by atoms with Gasteiger partial charge in [-0.15, -0.1) is 11.3 Å². The molecular weight excluding hydrogens is 552 g/mol. The number of hydrazine groups is 1. The lowest BCUT2D eigenvalue weighted by Gasteiger charge is -2.30. The first-order valence-corrected chi connectivity index (χ1v) is 14.5. The third-order valence-corrected chi connectivity index (χ3v) is 7.38. The van der Waals surface area contributed by atoms with Crippen molar-refractivity contribution in [3.05, 3.63) is 101 Å². The number of anilines is 2. The number of nitrogens with zero attached hydrogens (tertiary/aromatic N) is 3. The Bertz CT molecular complexity index is 1570. The van der Waals surface area contributed by atoms with Crippen LogP contribution in [0.1, 0.15) is 48.7 Å². The van der Waals surface area contributed by atoms with E-state index in [0.29, 0.717) is 29.9 Å². The molecule has 9 nitrogen and oxygen atoms in total. The molecule has 1 N–H and O–H groups in total. The van der Waals surface area contributed by atoms with Crippen LogP contribution in [0.5, 0.6) is 0 Å². The number of carbonyl (C=O) groups is 3. The fraction of sp³-hybridized carbons (Fsp3) is 0.250. The second kappa shape index (κ2) is 12.4. The summed E-state index contributed by atoms with van der Waals surface area (Å²) in [4.78, 5) is 46.4. The van der Waals surface area contributed by atoms with Gasteiger partial charge < -0.3 is 9.47 Å². The van der Waals surface area contributed by atoms with Gasteiger partial charge in [0.1, 0.15) is 12.2 Å². The number of aryl methyl sites for hydroxylation is 1. The lowest BCUT2D eigenvalue weighted by molar-refractivity contribution is 0.0510. The van der Waals surface area contributed by atoms with Gasteiger partial charge in [-0.25, -0.2) is 20.0 Å². The summed E-state index contributed by atoms with van der Waals surface area (Å²) in [6.45, 7) is 5.90. The predicted octanol–water partition coefficient (Wildman–Crippen LogP) is 6.99. The van der Waals surface area contributed by atoms with Crippen LogP contribution in [0.25, 0.3) is 10.4 Å². The third kappa shape index (κ3) is 6.95. The molecule has 10 heteroatoms. The molecule has 3 heterocycles. The molecule has 3 amide bonds. The van der Waals surface area contributed by atoms with E-state index in [4.69, 9.17) is 9.47 Å². The number of hydrogen-bond donors (Lipinski definition) is 1. The second-order valence-corrected chi connectivity index (χ2v) is 11.7. The van der Waals surface area contributed by atoms with Gasteiger partial charge in [0.15, 0.2) is 0 Å². The Morgan fingerprint density at radius 3 is 2.64 bits per heavy atom. The van der Waals surface area contributed by atoms with Gasteiger partial charge in [0.2, 0.25) is 0 Å². The van der Waals surface area contributed by atoms with E-state index >= 15 is 0 Å². The predicted molar refractivity (Wildman–Crippen MR) is 162 cm³/mol. The van der Waals surface area contributed by atoms with E-state index in [0.717, 1.165) is 28.0 Å². The highest BCUT2D eigenvalue weighted by molar-refractivity contribution is 7.13. The maximum atomic E-state index is 14.0. The minimum atomic E-state index is -0.752. The molecule has 0 bridgehead atoms. The van der Waals surface area contributed by atoms with Gasteiger partial charge in [-0.3, -0.25) is 14.7 Å². The third-order valence-electron chi connectivity index (χ3n) is 6.47. The summed E-state index contributed by atoms with van der Waals surface area (Å²) in [6.07, 6.45) is 3.51. The average molecular weight is 585 g/mol. The molecule has 0 spiro atoms. The lowest BCUT2D eigenvalue weighted by Crippen LogP contribution is -2.48. The van der Waals surface area contributed by atoms with Crippen molar-refractivity contribution in [3.8, 4) is 10.4 Å². The Morgan fingerprint density at radius 2 is 1.90 bits per heavy atom. The van der Waals surface area contributed by atoms with Crippen molar-refractivity contribution in [2.24, 2.45) is 0 Å². The van der Waals surface area contributed by atoms with Crippen LogP contribution in [0.4, 0.5) is 21.0 Å². The molecule has 0 saturated carbocycles. The minimum absolute atomic E-state index is 0.116. The maximum absolute atomic E-state index is 14.0. The van der Waals surface area contributed by atoms with E-state index in [1.807, 2.05) is 41.8 Å². The van der Waals surface area contributed by atoms with Crippen molar-refractivity contribution in [1.82, 2.24) is 10.4 Å². The van der Waals surface area contributed by atoms with E-state index in [1.165, 1.54) is 5.01 Å². The highest BCUT2D eigenvalue weighted by Crippen LogP contribution is 2.31. The lowest BCUT2D eigenvalue weighted by atomic mass is 9.99. The molecule has 216 valence electrons. The fourth-order valence-corrected chi connectivity index (χ4v) is 5.35. The average Bonchev–Trinajstić information content (AvgIpc) is 3.53. The molecule has 0 atom stereocenters. The van der Waals surface area contributed by atoms with E-state index < -0.39 is 23.7 Å². The number of aromatic nitrogens is 1. The van der Waals surface area contributed by atoms with E-state index in [-0.39, 0.29) is 6.61 Å². The standard InChI is InChI=1S/C32H32N4O5S/c1-32(2,3)41-30(38)34-36(26-11-4-9-24(19-26)28-12-7-17-42-28)29(37)25-13-14-27-23(18-25)10-6-16-35(27)31(39)40-21-22-8-5-15-33-20-22/h4-5,7-9,11-15,17-20H,6,10,16,21H2,1-3H3,(H,34,38). The number of nitrogens with one attached hydrogen (secondary N) is 1. The molecule has 0 saturated heterocycles. The quantitative estimate of drug-likeness (QED) is 0.254. The number of benzene rings is 2. The van der Waals surface area contributed by atoms with Gasteiger partial charge in [-0.2, -0.15) is 0 Å². The van der Waals surface area contributed by atoms with Gasteiger partial charge in [-0.1, -0.05) is 24.3 Å². The SMILES string of the molecule is CC(C)(C)OC(=O)NN(C(=O)c1ccc2c(c1)CCCN2C(=O)OCc1cccnc1)c1cccc(-c2cccs2)c1. The number of carbonyl (C=O) groups excluding carboxylic acids is 3. The second-order valence-electron chi connectivity index (χ2n) is 10.8. The normalized spacial score (nSPS) is 12.7. The van der Waals surface area contributed by atoms with Gasteiger partial charge in [0, 0.05) is 34.9 Å². The summed E-state index contributed by atoms with van der Waals surface area (Å²) in [5, 5.41) is 3.19. The monoisotopic (exact) mass is 584 g/mol. The first-order valence-electron chi connectivity index (χ1n) is 13.6. The smallest absolute Gasteiger partial charge is 0.427 e. The molecule has 0 radical (unpaired) electrons. The van der Waals surface area contributed by atoms with E-state index in [1.54, 1.807) is 79.7 Å². The molecule has 0 fully saturated rings. The van der Waals surface area contributed by atoms with E-state index in [9.17, 15) is 14.4 Å². The first kappa shape index (κ1) is 28.8. The van der Waals surface area contributed by atoms with Crippen LogP contribution in [0.15, 0.2) is 84.5 Å². The number of fused-ring (bicyclic) bond motifs is 1. The Balaban J connectivity index is 1.40. The molecule has 4 aromatic rings. The van der Waals surface area contributed by atoms with Crippen LogP contribution < -0.4 is 15.3 Å². The summed E-state index contributed by atoms with van der Waals surface area (Å²) in [5.74, 6) is -0.441. The fourth-order valence-electron chi connectivity index (χ4n) is 4.62. The van der Waals surface area contributed by atoms with Crippen molar-refractivity contribution < 1.29 is 23.9 Å². The molecule has 0 aliphatic carbocycles. The van der Waals surface area contributed by atoms with Crippen molar-refractivity contribution in [1.29, 1.82) is 0 Å². The van der Waals surface area contributed by atoms with Crippen molar-refractivity contribution in [2.75, 3.05) is 16.5 Å². The summed E-state index contributed by atoms with van der Waals surface area (Å²) < 4.78 is 11.0. The molecule has 1 aliphatic heterocycles. The van der Waals surface area contributed by atoms with Crippen LogP contribution in [0.3, 0.4) is 0 Å². The zero-order valence-electron chi connectivity index (χ0n) is 23.7. The van der Waals surface area contributed by atoms with Crippen LogP contribution in [0, 0.1) is 0 Å². The Hall–Kier alpha value is -4.70. The Kier molecular flexibility index (Phi) is 8.53. The highest BCUT2D eigenvalue weighted by Gasteiger charge is 2.28. The Labute approximate surface area is 248 Å². The number of ether oxygens (including phenoxy) is 2. The molecular formula is C32H32N4O5S. The highest BCUT2D eigenvalue weighted by atomic mass is 32.1. The number of thiophene rings is 1. The first-order chi connectivity index (χ1) is 20.2. The van der Waals surface area contributed by atoms with Crippen LogP contribution in [0.2, 0.25) is 0 Å². The number of pyridine rings is 1. The topological polar surface area (TPSA) is 101 Å². The summed E-state index contributed by atoms with van der Waals surface area (Å²) >= 11 is 1.58. The minimum Gasteiger partial charge on any atom is -0.444 e. The number of hydrogen-bond acceptors (Lipinski definition) is 7. The van der Waals surface area contributed by atoms with Crippen LogP contribution >= 0.6 is 11.3 Å². The van der Waals surface area contributed by atoms with Crippen molar-refractivity contribution in [3.63, 3.8) is 0 Å². The van der Waals surface area contributed by atoms with Crippen molar-refractivity contribution >= 4 is 40.8 Å². The van der Waals surface area contributed by atoms with Gasteiger partial charge in [0.25, 0.3) is 5.91 Å². The van der Waals surface area contributed by atoms with E-state index in [2.05, 4.69) is 10.4 Å². The van der Waals surface area contributed by atoms with Gasteiger partial charge in [-0.05, 0) is 92.6 Å². The summed E-state index contributed by atoms with van der Waals surface area (Å²) in [7, 11) is 0. The largest absolute Gasteiger partial charge is 0.444 e. The molecule has 1 aliphatic rings. The number of rotatable bonds is 5. The molecule has 0 unspecified atom stereocenters. The Morgan fingerprint density at radius 1 is 1.05 bits per heavy atom. The molecule has 5 rings (SSSR count). The summed E-state index contributed by atoms with van der Waals surface area (Å²) in [6, 6.07) is 20.1. The van der Waals surface area contributed by atoms with Crippen LogP contribution in [-0.2, 0) is 22.5 Å². The maximum Gasteiger partial charge on any atom is 0.427 e. The van der Waals surface area contributed by atoms with Gasteiger partial charge in [0.05, 0.1) is 11.4 Å². The molecule has 2 aromatic carbocycles. The van der Waals surface area contributed by atoms with Gasteiger partial charge >= 0.3 is 12.2 Å². The van der Waals surface area contributed by atoms with Crippen LogP contribution in [-0.4, -0.2) is 35.2 Å². The number of amides is 3. The summed E-state index contributed by atoms with van der Waals surface area (Å²) in [5.41, 5.74) is 5.97.